The summed E-state index contributed by atoms with van der Waals surface area (Å²) in [6, 6.07) is 3.07. The van der Waals surface area contributed by atoms with Crippen molar-refractivity contribution in [2.75, 3.05) is 13.1 Å². The Labute approximate surface area is 79.8 Å². The highest BCUT2D eigenvalue weighted by atomic mass is 15.2. The molecule has 1 saturated heterocycles. The fourth-order valence-electron chi connectivity index (χ4n) is 2.14. The van der Waals surface area contributed by atoms with Gasteiger partial charge >= 0.3 is 0 Å². The second kappa shape index (κ2) is 3.51. The summed E-state index contributed by atoms with van der Waals surface area (Å²) in [5.74, 6) is 0.472. The van der Waals surface area contributed by atoms with E-state index in [1.807, 2.05) is 0 Å². The number of hydrogen-bond donors (Lipinski definition) is 0. The van der Waals surface area contributed by atoms with Gasteiger partial charge in [0.15, 0.2) is 0 Å². The molecule has 0 spiro atoms. The molecule has 0 atom stereocenters. The van der Waals surface area contributed by atoms with Crippen LogP contribution in [-0.4, -0.2) is 24.0 Å². The van der Waals surface area contributed by atoms with Crippen LogP contribution in [0.2, 0.25) is 0 Å². The van der Waals surface area contributed by atoms with Gasteiger partial charge in [0, 0.05) is 11.6 Å². The van der Waals surface area contributed by atoms with Crippen molar-refractivity contribution in [3.05, 3.63) is 12.2 Å². The number of piperidine rings is 1. The van der Waals surface area contributed by atoms with Crippen LogP contribution in [0.25, 0.3) is 0 Å². The Hall–Kier alpha value is -0.810. The minimum atomic E-state index is 0.472. The molecule has 0 aromatic carbocycles. The standard InChI is InChI=1S/C11H16N2/c1-9(8-12)10-4-6-13(7-5-10)11-2-3-11/h10-11H,1-7H2. The van der Waals surface area contributed by atoms with Crippen molar-refractivity contribution in [1.82, 2.24) is 4.90 Å². The Morgan fingerprint density at radius 3 is 2.31 bits per heavy atom. The highest BCUT2D eigenvalue weighted by Crippen LogP contribution is 2.32. The van der Waals surface area contributed by atoms with E-state index in [1.165, 1.54) is 25.9 Å². The third-order valence-corrected chi connectivity index (χ3v) is 3.23. The van der Waals surface area contributed by atoms with E-state index in [4.69, 9.17) is 5.26 Å². The Balaban J connectivity index is 1.82. The average Bonchev–Trinajstić information content (AvgIpc) is 3.00. The summed E-state index contributed by atoms with van der Waals surface area (Å²) in [6.07, 6.45) is 5.07. The van der Waals surface area contributed by atoms with Gasteiger partial charge in [0.1, 0.15) is 0 Å². The molecule has 0 unspecified atom stereocenters. The molecule has 2 aliphatic rings. The van der Waals surface area contributed by atoms with Crippen LogP contribution in [-0.2, 0) is 0 Å². The lowest BCUT2D eigenvalue weighted by Gasteiger charge is -2.31. The fraction of sp³-hybridized carbons (Fsp3) is 0.727. The van der Waals surface area contributed by atoms with Crippen LogP contribution in [0.5, 0.6) is 0 Å². The zero-order valence-electron chi connectivity index (χ0n) is 8.00. The molecule has 2 heteroatoms. The lowest BCUT2D eigenvalue weighted by molar-refractivity contribution is 0.192. The number of likely N-dealkylation sites (tertiary alicyclic amines) is 1. The van der Waals surface area contributed by atoms with E-state index < -0.39 is 0 Å². The van der Waals surface area contributed by atoms with Gasteiger partial charge in [0.25, 0.3) is 0 Å². The third-order valence-electron chi connectivity index (χ3n) is 3.23. The van der Waals surface area contributed by atoms with Crippen LogP contribution in [0.15, 0.2) is 12.2 Å². The first-order valence-corrected chi connectivity index (χ1v) is 5.14. The summed E-state index contributed by atoms with van der Waals surface area (Å²) in [4.78, 5) is 2.57. The van der Waals surface area contributed by atoms with E-state index >= 15 is 0 Å². The van der Waals surface area contributed by atoms with E-state index in [-0.39, 0.29) is 0 Å². The predicted octanol–water partition coefficient (Wildman–Crippen LogP) is 1.94. The first kappa shape index (κ1) is 8.77. The summed E-state index contributed by atoms with van der Waals surface area (Å²) < 4.78 is 0. The number of nitrogens with zero attached hydrogens (tertiary/aromatic N) is 2. The first-order chi connectivity index (χ1) is 6.31. The Morgan fingerprint density at radius 2 is 1.85 bits per heavy atom. The van der Waals surface area contributed by atoms with Crippen molar-refractivity contribution in [3.63, 3.8) is 0 Å². The Morgan fingerprint density at radius 1 is 1.23 bits per heavy atom. The largest absolute Gasteiger partial charge is 0.300 e. The summed E-state index contributed by atoms with van der Waals surface area (Å²) in [5.41, 5.74) is 0.787. The Kier molecular flexibility index (Phi) is 2.37. The van der Waals surface area contributed by atoms with Crippen LogP contribution in [0, 0.1) is 17.2 Å². The zero-order chi connectivity index (χ0) is 9.26. The van der Waals surface area contributed by atoms with E-state index in [9.17, 15) is 0 Å². The van der Waals surface area contributed by atoms with Gasteiger partial charge in [-0.25, -0.2) is 0 Å². The van der Waals surface area contributed by atoms with Crippen LogP contribution >= 0.6 is 0 Å². The van der Waals surface area contributed by atoms with Crippen molar-refractivity contribution in [2.24, 2.45) is 5.92 Å². The normalized spacial score (nSPS) is 25.5. The van der Waals surface area contributed by atoms with Crippen molar-refractivity contribution >= 4 is 0 Å². The maximum atomic E-state index is 8.71. The van der Waals surface area contributed by atoms with Gasteiger partial charge in [-0.1, -0.05) is 6.58 Å². The molecule has 0 bridgehead atoms. The van der Waals surface area contributed by atoms with Gasteiger partial charge in [-0.05, 0) is 44.7 Å². The van der Waals surface area contributed by atoms with Crippen LogP contribution < -0.4 is 0 Å². The van der Waals surface area contributed by atoms with Crippen LogP contribution in [0.3, 0.4) is 0 Å². The summed E-state index contributed by atoms with van der Waals surface area (Å²) in [7, 11) is 0. The molecule has 2 fully saturated rings. The molecule has 70 valence electrons. The minimum absolute atomic E-state index is 0.472. The molecular formula is C11H16N2. The maximum Gasteiger partial charge on any atom is 0.0943 e. The van der Waals surface area contributed by atoms with Crippen molar-refractivity contribution in [1.29, 1.82) is 5.26 Å². The smallest absolute Gasteiger partial charge is 0.0943 e. The van der Waals surface area contributed by atoms with Gasteiger partial charge < -0.3 is 4.90 Å². The van der Waals surface area contributed by atoms with E-state index in [1.54, 1.807) is 0 Å². The topological polar surface area (TPSA) is 27.0 Å². The molecule has 1 aliphatic carbocycles. The van der Waals surface area contributed by atoms with Crippen LogP contribution in [0.4, 0.5) is 0 Å². The fourth-order valence-corrected chi connectivity index (χ4v) is 2.14. The van der Waals surface area contributed by atoms with Crippen LogP contribution in [0.1, 0.15) is 25.7 Å². The number of hydrogen-bond acceptors (Lipinski definition) is 2. The van der Waals surface area contributed by atoms with Gasteiger partial charge in [0.2, 0.25) is 0 Å². The first-order valence-electron chi connectivity index (χ1n) is 5.14. The third kappa shape index (κ3) is 1.92. The molecule has 13 heavy (non-hydrogen) atoms. The molecule has 0 aromatic heterocycles. The van der Waals surface area contributed by atoms with Crippen molar-refractivity contribution in [3.8, 4) is 6.07 Å². The molecule has 1 saturated carbocycles. The molecule has 0 amide bonds. The average molecular weight is 176 g/mol. The van der Waals surface area contributed by atoms with Gasteiger partial charge in [0.05, 0.1) is 6.07 Å². The number of nitriles is 1. The summed E-state index contributed by atoms with van der Waals surface area (Å²) in [5, 5.41) is 8.71. The zero-order valence-corrected chi connectivity index (χ0v) is 8.00. The van der Waals surface area contributed by atoms with Gasteiger partial charge in [-0.15, -0.1) is 0 Å². The van der Waals surface area contributed by atoms with Gasteiger partial charge in [-0.3, -0.25) is 0 Å². The lowest BCUT2D eigenvalue weighted by Crippen LogP contribution is -2.35. The minimum Gasteiger partial charge on any atom is -0.300 e. The molecule has 1 heterocycles. The molecule has 0 radical (unpaired) electrons. The molecule has 2 nitrogen and oxygen atoms in total. The van der Waals surface area contributed by atoms with Crippen molar-refractivity contribution in [2.45, 2.75) is 31.7 Å². The molecule has 2 rings (SSSR count). The Bertz CT molecular complexity index is 239. The summed E-state index contributed by atoms with van der Waals surface area (Å²) >= 11 is 0. The van der Waals surface area contributed by atoms with E-state index in [0.717, 1.165) is 24.5 Å². The highest BCUT2D eigenvalue weighted by Gasteiger charge is 2.32. The monoisotopic (exact) mass is 176 g/mol. The number of rotatable bonds is 2. The highest BCUT2D eigenvalue weighted by molar-refractivity contribution is 5.20. The number of allylic oxidation sites excluding steroid dienone is 1. The predicted molar refractivity (Wildman–Crippen MR) is 52.1 cm³/mol. The van der Waals surface area contributed by atoms with E-state index in [0.29, 0.717) is 5.92 Å². The molecule has 0 N–H and O–H groups in total. The quantitative estimate of drug-likeness (QED) is 0.601. The molecule has 0 aromatic rings. The summed E-state index contributed by atoms with van der Waals surface area (Å²) in [6.45, 7) is 6.16. The second-order valence-electron chi connectivity index (χ2n) is 4.18. The SMILES string of the molecule is C=C(C#N)C1CCN(C2CC2)CC1. The molecular weight excluding hydrogens is 160 g/mol. The molecule has 1 aliphatic heterocycles. The van der Waals surface area contributed by atoms with Crippen molar-refractivity contribution < 1.29 is 0 Å². The lowest BCUT2D eigenvalue weighted by atomic mass is 9.91. The maximum absolute atomic E-state index is 8.71. The second-order valence-corrected chi connectivity index (χ2v) is 4.18. The van der Waals surface area contributed by atoms with E-state index in [2.05, 4.69) is 17.5 Å². The van der Waals surface area contributed by atoms with Gasteiger partial charge in [-0.2, -0.15) is 5.26 Å².